The third-order valence-electron chi connectivity index (χ3n) is 5.74. The average molecular weight is 459 g/mol. The summed E-state index contributed by atoms with van der Waals surface area (Å²) in [6.07, 6.45) is 1.88. The molecule has 2 amide bonds. The SMILES string of the molecule is COCCOc1n[nH]c2cc(NC(=O)NC(c3ccc(F)cc3)C3(O)CCC3)nc(CO)c12. The molecule has 3 aromatic rings. The standard InChI is InChI=1S/C22H26FN5O5/c1-32-9-10-33-20-18-15(27-28-20)11-17(24-16(18)12-29)25-21(30)26-19(22(31)7-2-8-22)13-3-5-14(23)6-4-13/h3-6,11,19,29,31H,2,7-10,12H2,1H3,(H,27,28)(H2,24,25,26,30). The molecule has 0 saturated heterocycles. The van der Waals surface area contributed by atoms with Crippen LogP contribution in [0.15, 0.2) is 30.3 Å². The lowest BCUT2D eigenvalue weighted by molar-refractivity contribution is -0.0627. The van der Waals surface area contributed by atoms with E-state index in [0.717, 1.165) is 6.42 Å². The first-order chi connectivity index (χ1) is 15.9. The number of halogens is 1. The van der Waals surface area contributed by atoms with Crippen LogP contribution in [-0.4, -0.2) is 57.4 Å². The highest BCUT2D eigenvalue weighted by Crippen LogP contribution is 2.42. The highest BCUT2D eigenvalue weighted by atomic mass is 19.1. The quantitative estimate of drug-likeness (QED) is 0.309. The summed E-state index contributed by atoms with van der Waals surface area (Å²) < 4.78 is 23.9. The Bertz CT molecular complexity index is 1120. The van der Waals surface area contributed by atoms with Gasteiger partial charge in [0.2, 0.25) is 5.88 Å². The van der Waals surface area contributed by atoms with Crippen LogP contribution >= 0.6 is 0 Å². The molecule has 176 valence electrons. The third-order valence-corrected chi connectivity index (χ3v) is 5.74. The van der Waals surface area contributed by atoms with Crippen LogP contribution in [0.5, 0.6) is 5.88 Å². The minimum Gasteiger partial charge on any atom is -0.474 e. The number of aromatic amines is 1. The van der Waals surface area contributed by atoms with Gasteiger partial charge in [0.1, 0.15) is 18.2 Å². The van der Waals surface area contributed by atoms with Crippen LogP contribution in [0.25, 0.3) is 10.9 Å². The highest BCUT2D eigenvalue weighted by molar-refractivity contribution is 5.93. The number of rotatable bonds is 9. The lowest BCUT2D eigenvalue weighted by atomic mass is 9.72. The Kier molecular flexibility index (Phi) is 6.72. The molecule has 10 nitrogen and oxygen atoms in total. The van der Waals surface area contributed by atoms with E-state index in [1.165, 1.54) is 12.1 Å². The van der Waals surface area contributed by atoms with Crippen LogP contribution in [0, 0.1) is 5.82 Å². The van der Waals surface area contributed by atoms with Gasteiger partial charge in [-0.2, -0.15) is 0 Å². The Morgan fingerprint density at radius 3 is 2.70 bits per heavy atom. The molecule has 0 radical (unpaired) electrons. The van der Waals surface area contributed by atoms with Crippen LogP contribution in [-0.2, 0) is 11.3 Å². The van der Waals surface area contributed by atoms with Gasteiger partial charge < -0.3 is 25.0 Å². The molecule has 1 aliphatic carbocycles. The van der Waals surface area contributed by atoms with E-state index in [4.69, 9.17) is 9.47 Å². The van der Waals surface area contributed by atoms with Gasteiger partial charge >= 0.3 is 6.03 Å². The van der Waals surface area contributed by atoms with Gasteiger partial charge in [-0.1, -0.05) is 12.1 Å². The maximum absolute atomic E-state index is 13.4. The zero-order valence-electron chi connectivity index (χ0n) is 18.1. The fourth-order valence-electron chi connectivity index (χ4n) is 3.89. The summed E-state index contributed by atoms with van der Waals surface area (Å²) in [5.74, 6) is 0.0505. The predicted molar refractivity (Wildman–Crippen MR) is 117 cm³/mol. The third kappa shape index (κ3) is 4.90. The molecule has 1 aliphatic rings. The number of carbonyl (C=O) groups is 1. The van der Waals surface area contributed by atoms with Crippen molar-refractivity contribution in [1.82, 2.24) is 20.5 Å². The minimum absolute atomic E-state index is 0.176. The fourth-order valence-corrected chi connectivity index (χ4v) is 3.89. The van der Waals surface area contributed by atoms with E-state index in [9.17, 15) is 19.4 Å². The van der Waals surface area contributed by atoms with Crippen LogP contribution in [0.1, 0.15) is 36.6 Å². The molecule has 0 bridgehead atoms. The smallest absolute Gasteiger partial charge is 0.320 e. The molecule has 2 aromatic heterocycles. The summed E-state index contributed by atoms with van der Waals surface area (Å²) in [5.41, 5.74) is 0.279. The van der Waals surface area contributed by atoms with Crippen molar-refractivity contribution in [2.24, 2.45) is 0 Å². The summed E-state index contributed by atoms with van der Waals surface area (Å²) in [6, 6.07) is 5.91. The Balaban J connectivity index is 1.53. The number of carbonyl (C=O) groups excluding carboxylic acids is 1. The second kappa shape index (κ2) is 9.69. The normalized spacial score (nSPS) is 15.6. The number of amides is 2. The molecule has 2 heterocycles. The van der Waals surface area contributed by atoms with Crippen molar-refractivity contribution in [2.75, 3.05) is 25.6 Å². The molecule has 0 spiro atoms. The lowest BCUT2D eigenvalue weighted by Crippen LogP contribution is -2.51. The van der Waals surface area contributed by atoms with Gasteiger partial charge in [-0.15, -0.1) is 5.10 Å². The molecule has 1 saturated carbocycles. The molecule has 5 N–H and O–H groups in total. The molecule has 1 aromatic carbocycles. The number of nitrogens with one attached hydrogen (secondary N) is 3. The first kappa shape index (κ1) is 22.9. The molecular weight excluding hydrogens is 433 g/mol. The van der Waals surface area contributed by atoms with Crippen LogP contribution in [0.4, 0.5) is 15.0 Å². The maximum atomic E-state index is 13.4. The van der Waals surface area contributed by atoms with Gasteiger partial charge in [-0.3, -0.25) is 10.4 Å². The first-order valence-corrected chi connectivity index (χ1v) is 10.6. The van der Waals surface area contributed by atoms with Gasteiger partial charge in [0, 0.05) is 13.2 Å². The van der Waals surface area contributed by atoms with Gasteiger partial charge in [0.25, 0.3) is 0 Å². The van der Waals surface area contributed by atoms with Crippen molar-refractivity contribution in [2.45, 2.75) is 37.5 Å². The summed E-state index contributed by atoms with van der Waals surface area (Å²) >= 11 is 0. The summed E-state index contributed by atoms with van der Waals surface area (Å²) in [5, 5.41) is 33.5. The number of H-pyrrole nitrogens is 1. The summed E-state index contributed by atoms with van der Waals surface area (Å²) in [7, 11) is 1.56. The zero-order chi connectivity index (χ0) is 23.4. The van der Waals surface area contributed by atoms with Gasteiger partial charge in [0.15, 0.2) is 0 Å². The van der Waals surface area contributed by atoms with Crippen molar-refractivity contribution < 1.29 is 28.9 Å². The number of aliphatic hydroxyl groups is 2. The van der Waals surface area contributed by atoms with Crippen LogP contribution in [0.2, 0.25) is 0 Å². The van der Waals surface area contributed by atoms with Crippen molar-refractivity contribution >= 4 is 22.8 Å². The average Bonchev–Trinajstić information content (AvgIpc) is 3.19. The molecule has 11 heteroatoms. The van der Waals surface area contributed by atoms with Crippen molar-refractivity contribution in [3.8, 4) is 5.88 Å². The van der Waals surface area contributed by atoms with Crippen molar-refractivity contribution in [3.63, 3.8) is 0 Å². The number of aliphatic hydroxyl groups excluding tert-OH is 1. The summed E-state index contributed by atoms with van der Waals surface area (Å²) in [4.78, 5) is 17.1. The van der Waals surface area contributed by atoms with E-state index in [-0.39, 0.29) is 24.0 Å². The fraction of sp³-hybridized carbons (Fsp3) is 0.409. The second-order valence-electron chi connectivity index (χ2n) is 7.95. The molecular formula is C22H26FN5O5. The van der Waals surface area contributed by atoms with E-state index in [1.54, 1.807) is 25.3 Å². The van der Waals surface area contributed by atoms with E-state index >= 15 is 0 Å². The van der Waals surface area contributed by atoms with Gasteiger partial charge in [-0.05, 0) is 37.0 Å². The lowest BCUT2D eigenvalue weighted by Gasteiger charge is -2.43. The molecule has 4 rings (SSSR count). The van der Waals surface area contributed by atoms with Gasteiger partial charge in [0.05, 0.1) is 41.5 Å². The van der Waals surface area contributed by atoms with Crippen LogP contribution < -0.4 is 15.4 Å². The number of anilines is 1. The number of hydrogen-bond acceptors (Lipinski definition) is 7. The number of fused-ring (bicyclic) bond motifs is 1. The summed E-state index contributed by atoms with van der Waals surface area (Å²) in [6.45, 7) is 0.251. The first-order valence-electron chi connectivity index (χ1n) is 10.6. The molecule has 1 fully saturated rings. The topological polar surface area (TPSA) is 142 Å². The van der Waals surface area contributed by atoms with Crippen molar-refractivity contribution in [1.29, 1.82) is 0 Å². The molecule has 33 heavy (non-hydrogen) atoms. The minimum atomic E-state index is -1.11. The number of ether oxygens (including phenoxy) is 2. The van der Waals surface area contributed by atoms with Gasteiger partial charge in [-0.25, -0.2) is 14.2 Å². The zero-order valence-corrected chi connectivity index (χ0v) is 18.1. The number of pyridine rings is 1. The Morgan fingerprint density at radius 1 is 1.30 bits per heavy atom. The number of benzene rings is 1. The number of aromatic nitrogens is 3. The number of methoxy groups -OCH3 is 1. The molecule has 1 atom stereocenters. The molecule has 1 unspecified atom stereocenters. The maximum Gasteiger partial charge on any atom is 0.320 e. The van der Waals surface area contributed by atoms with Crippen LogP contribution in [0.3, 0.4) is 0 Å². The number of hydrogen-bond donors (Lipinski definition) is 5. The van der Waals surface area contributed by atoms with E-state index in [2.05, 4.69) is 25.8 Å². The Hall–Kier alpha value is -3.28. The number of urea groups is 1. The Morgan fingerprint density at radius 2 is 2.06 bits per heavy atom. The highest BCUT2D eigenvalue weighted by Gasteiger charge is 2.44. The van der Waals surface area contributed by atoms with E-state index in [1.807, 2.05) is 0 Å². The predicted octanol–water partition coefficient (Wildman–Crippen LogP) is 2.39. The monoisotopic (exact) mass is 459 g/mol. The number of nitrogens with zero attached hydrogens (tertiary/aromatic N) is 2. The van der Waals surface area contributed by atoms with E-state index < -0.39 is 30.1 Å². The van der Waals surface area contributed by atoms with Crippen molar-refractivity contribution in [3.05, 3.63) is 47.4 Å². The Labute approximate surface area is 189 Å². The largest absolute Gasteiger partial charge is 0.474 e. The van der Waals surface area contributed by atoms with E-state index in [0.29, 0.717) is 35.9 Å². The second-order valence-corrected chi connectivity index (χ2v) is 7.95. The molecule has 0 aliphatic heterocycles.